The highest BCUT2D eigenvalue weighted by molar-refractivity contribution is 5.81. The summed E-state index contributed by atoms with van der Waals surface area (Å²) < 4.78 is 46.2. The summed E-state index contributed by atoms with van der Waals surface area (Å²) in [6.07, 6.45) is -1.26. The number of rotatable bonds is 4. The van der Waals surface area contributed by atoms with Gasteiger partial charge in [-0.2, -0.15) is 0 Å². The van der Waals surface area contributed by atoms with E-state index in [1.807, 2.05) is 4.90 Å². The van der Waals surface area contributed by atoms with Crippen molar-refractivity contribution in [3.05, 3.63) is 36.3 Å². The van der Waals surface area contributed by atoms with E-state index < -0.39 is 6.36 Å². The first-order valence-corrected chi connectivity index (χ1v) is 8.70. The van der Waals surface area contributed by atoms with Crippen LogP contribution in [0.25, 0.3) is 11.3 Å². The van der Waals surface area contributed by atoms with Crippen LogP contribution in [0.15, 0.2) is 30.5 Å². The molecule has 1 aromatic carbocycles. The predicted octanol–water partition coefficient (Wildman–Crippen LogP) is 3.29. The Morgan fingerprint density at radius 3 is 2.67 bits per heavy atom. The molecule has 1 saturated carbocycles. The van der Waals surface area contributed by atoms with Gasteiger partial charge < -0.3 is 19.4 Å². The molecule has 4 rings (SSSR count). The predicted molar refractivity (Wildman–Crippen MR) is 88.7 cm³/mol. The fourth-order valence-electron chi connectivity index (χ4n) is 3.15. The second kappa shape index (κ2) is 6.88. The number of imidazole rings is 1. The number of morpholine rings is 1. The van der Waals surface area contributed by atoms with Gasteiger partial charge in [0.2, 0.25) is 5.91 Å². The number of hydrogen-bond donors (Lipinski definition) is 1. The van der Waals surface area contributed by atoms with Crippen molar-refractivity contribution in [1.82, 2.24) is 14.9 Å². The minimum absolute atomic E-state index is 0.112. The van der Waals surface area contributed by atoms with Crippen molar-refractivity contribution in [3.63, 3.8) is 0 Å². The molecule has 2 aromatic rings. The number of alkyl halides is 3. The van der Waals surface area contributed by atoms with E-state index >= 15 is 0 Å². The number of carbonyl (C=O) groups excluding carboxylic acids is 1. The van der Waals surface area contributed by atoms with Crippen LogP contribution >= 0.6 is 0 Å². The van der Waals surface area contributed by atoms with E-state index in [0.29, 0.717) is 36.8 Å². The molecule has 0 spiro atoms. The molecule has 0 bridgehead atoms. The molecule has 9 heteroatoms. The lowest BCUT2D eigenvalue weighted by molar-refractivity contribution is -0.274. The van der Waals surface area contributed by atoms with Crippen molar-refractivity contribution in [3.8, 4) is 17.0 Å². The van der Waals surface area contributed by atoms with Gasteiger partial charge in [-0.15, -0.1) is 13.2 Å². The Bertz CT molecular complexity index is 815. The maximum Gasteiger partial charge on any atom is 0.573 e. The summed E-state index contributed by atoms with van der Waals surface area (Å²) in [6.45, 7) is 1.40. The number of ether oxygens (including phenoxy) is 2. The van der Waals surface area contributed by atoms with E-state index in [1.54, 1.807) is 6.20 Å². The van der Waals surface area contributed by atoms with Crippen LogP contribution in [0.2, 0.25) is 0 Å². The molecule has 1 aliphatic carbocycles. The standard InChI is InChI=1S/C18H18F3N3O3/c19-18(20,21)27-13-5-3-11(4-6-13)14-9-22-16(23-14)15-10-26-8-7-24(15)17(25)12-1-2-12/h3-6,9,12,15H,1-2,7-8,10H2,(H,22,23). The molecule has 2 aliphatic rings. The summed E-state index contributed by atoms with van der Waals surface area (Å²) >= 11 is 0. The van der Waals surface area contributed by atoms with Crippen LogP contribution in [-0.2, 0) is 9.53 Å². The number of halogens is 3. The van der Waals surface area contributed by atoms with Crippen LogP contribution in [0.4, 0.5) is 13.2 Å². The third-order valence-corrected chi connectivity index (χ3v) is 4.65. The Kier molecular flexibility index (Phi) is 4.55. The van der Waals surface area contributed by atoms with Crippen molar-refractivity contribution in [2.24, 2.45) is 5.92 Å². The lowest BCUT2D eigenvalue weighted by atomic mass is 10.1. The summed E-state index contributed by atoms with van der Waals surface area (Å²) in [4.78, 5) is 21.8. The van der Waals surface area contributed by atoms with E-state index in [4.69, 9.17) is 4.74 Å². The Morgan fingerprint density at radius 1 is 1.26 bits per heavy atom. The average Bonchev–Trinajstić information content (AvgIpc) is 3.37. The third-order valence-electron chi connectivity index (χ3n) is 4.65. The second-order valence-corrected chi connectivity index (χ2v) is 6.65. The number of H-pyrrole nitrogens is 1. The zero-order valence-electron chi connectivity index (χ0n) is 14.3. The molecule has 1 amide bonds. The number of nitrogens with zero attached hydrogens (tertiary/aromatic N) is 2. The lowest BCUT2D eigenvalue weighted by Gasteiger charge is -2.34. The number of benzene rings is 1. The van der Waals surface area contributed by atoms with Crippen LogP contribution in [0, 0.1) is 5.92 Å². The van der Waals surface area contributed by atoms with Crippen LogP contribution in [0.3, 0.4) is 0 Å². The minimum Gasteiger partial charge on any atom is -0.406 e. The van der Waals surface area contributed by atoms with Gasteiger partial charge in [-0.05, 0) is 42.7 Å². The number of nitrogens with one attached hydrogen (secondary N) is 1. The van der Waals surface area contributed by atoms with Gasteiger partial charge in [-0.1, -0.05) is 0 Å². The monoisotopic (exact) mass is 381 g/mol. The van der Waals surface area contributed by atoms with Gasteiger partial charge in [-0.25, -0.2) is 4.98 Å². The molecule has 1 aromatic heterocycles. The molecule has 0 radical (unpaired) electrons. The summed E-state index contributed by atoms with van der Waals surface area (Å²) in [5.41, 5.74) is 1.31. The van der Waals surface area contributed by atoms with Crippen molar-refractivity contribution in [1.29, 1.82) is 0 Å². The molecule has 1 unspecified atom stereocenters. The maximum atomic E-state index is 12.5. The van der Waals surface area contributed by atoms with E-state index in [0.717, 1.165) is 12.8 Å². The Hall–Kier alpha value is -2.55. The lowest BCUT2D eigenvalue weighted by Crippen LogP contribution is -2.44. The molecule has 1 aliphatic heterocycles. The highest BCUT2D eigenvalue weighted by atomic mass is 19.4. The van der Waals surface area contributed by atoms with Gasteiger partial charge >= 0.3 is 6.36 Å². The average molecular weight is 381 g/mol. The van der Waals surface area contributed by atoms with Crippen molar-refractivity contribution >= 4 is 5.91 Å². The number of amides is 1. The first kappa shape index (κ1) is 17.8. The van der Waals surface area contributed by atoms with E-state index in [-0.39, 0.29) is 23.6 Å². The minimum atomic E-state index is -4.72. The summed E-state index contributed by atoms with van der Waals surface area (Å²) in [6, 6.07) is 5.24. The Morgan fingerprint density at radius 2 is 2.00 bits per heavy atom. The van der Waals surface area contributed by atoms with Gasteiger partial charge in [-0.3, -0.25) is 4.79 Å². The summed E-state index contributed by atoms with van der Waals surface area (Å²) in [5, 5.41) is 0. The van der Waals surface area contributed by atoms with Crippen LogP contribution in [0.1, 0.15) is 24.7 Å². The molecule has 1 N–H and O–H groups in total. The molecule has 1 saturated heterocycles. The maximum absolute atomic E-state index is 12.5. The van der Waals surface area contributed by atoms with Gasteiger partial charge in [0.15, 0.2) is 0 Å². The molecule has 2 heterocycles. The Labute approximate surface area is 153 Å². The number of aromatic nitrogens is 2. The topological polar surface area (TPSA) is 67.5 Å². The molecule has 2 fully saturated rings. The zero-order chi connectivity index (χ0) is 19.0. The zero-order valence-corrected chi connectivity index (χ0v) is 14.3. The first-order chi connectivity index (χ1) is 12.9. The van der Waals surface area contributed by atoms with E-state index in [2.05, 4.69) is 14.7 Å². The third kappa shape index (κ3) is 4.08. The van der Waals surface area contributed by atoms with Crippen LogP contribution < -0.4 is 4.74 Å². The van der Waals surface area contributed by atoms with Crippen molar-refractivity contribution < 1.29 is 27.4 Å². The summed E-state index contributed by atoms with van der Waals surface area (Å²) in [7, 11) is 0. The largest absolute Gasteiger partial charge is 0.573 e. The van der Waals surface area contributed by atoms with Crippen LogP contribution in [0.5, 0.6) is 5.75 Å². The van der Waals surface area contributed by atoms with Crippen molar-refractivity contribution in [2.45, 2.75) is 25.2 Å². The number of aromatic amines is 1. The Balaban J connectivity index is 1.51. The molecule has 1 atom stereocenters. The quantitative estimate of drug-likeness (QED) is 0.883. The van der Waals surface area contributed by atoms with Gasteiger partial charge in [0, 0.05) is 12.5 Å². The van der Waals surface area contributed by atoms with Crippen LogP contribution in [-0.4, -0.2) is 46.9 Å². The summed E-state index contributed by atoms with van der Waals surface area (Å²) in [5.74, 6) is 0.568. The van der Waals surface area contributed by atoms with E-state index in [9.17, 15) is 18.0 Å². The van der Waals surface area contributed by atoms with Gasteiger partial charge in [0.05, 0.1) is 25.1 Å². The fraction of sp³-hybridized carbons (Fsp3) is 0.444. The number of hydrogen-bond acceptors (Lipinski definition) is 4. The normalized spacial score (nSPS) is 20.6. The van der Waals surface area contributed by atoms with Gasteiger partial charge in [0.25, 0.3) is 0 Å². The molecule has 6 nitrogen and oxygen atoms in total. The second-order valence-electron chi connectivity index (χ2n) is 6.65. The van der Waals surface area contributed by atoms with Gasteiger partial charge in [0.1, 0.15) is 17.6 Å². The van der Waals surface area contributed by atoms with E-state index in [1.165, 1.54) is 24.3 Å². The molecule has 144 valence electrons. The fourth-order valence-corrected chi connectivity index (χ4v) is 3.15. The SMILES string of the molecule is O=C(C1CC1)N1CCOCC1c1ncc(-c2ccc(OC(F)(F)F)cc2)[nH]1. The molecular weight excluding hydrogens is 363 g/mol. The molecule has 27 heavy (non-hydrogen) atoms. The number of carbonyl (C=O) groups is 1. The molecular formula is C18H18F3N3O3. The highest BCUT2D eigenvalue weighted by Gasteiger charge is 2.39. The first-order valence-electron chi connectivity index (χ1n) is 8.70. The smallest absolute Gasteiger partial charge is 0.406 e. The van der Waals surface area contributed by atoms with Crippen molar-refractivity contribution in [2.75, 3.05) is 19.8 Å². The highest BCUT2D eigenvalue weighted by Crippen LogP contribution is 2.35.